The second-order valence-corrected chi connectivity index (χ2v) is 10.4. The summed E-state index contributed by atoms with van der Waals surface area (Å²) in [5.41, 5.74) is 10.1. The summed E-state index contributed by atoms with van der Waals surface area (Å²) in [6, 6.07) is 11.7. The lowest BCUT2D eigenvalue weighted by Crippen LogP contribution is -2.29. The van der Waals surface area contributed by atoms with Crippen LogP contribution in [0, 0.1) is 6.92 Å². The number of hydroxylamine groups is 2. The first kappa shape index (κ1) is 28.2. The third-order valence-corrected chi connectivity index (χ3v) is 6.35. The maximum absolute atomic E-state index is 12.3. The zero-order chi connectivity index (χ0) is 27.5. The first-order valence-corrected chi connectivity index (χ1v) is 12.4. The molecular formula is C25H28N4O6S2. The third-order valence-electron chi connectivity index (χ3n) is 5.55. The molecule has 4 rings (SSSR count). The molecule has 0 spiro atoms. The second kappa shape index (κ2) is 11.3. The van der Waals surface area contributed by atoms with Crippen molar-refractivity contribution in [2.75, 3.05) is 19.9 Å². The van der Waals surface area contributed by atoms with Crippen molar-refractivity contribution in [2.24, 2.45) is 7.05 Å². The van der Waals surface area contributed by atoms with Gasteiger partial charge < -0.3 is 24.6 Å². The van der Waals surface area contributed by atoms with Gasteiger partial charge in [0.1, 0.15) is 19.1 Å². The fourth-order valence-electron chi connectivity index (χ4n) is 3.78. The molecule has 2 unspecified atom stereocenters. The van der Waals surface area contributed by atoms with Gasteiger partial charge in [-0.1, -0.05) is 17.7 Å². The number of nitrogens with two attached hydrogens (primary N) is 1. The van der Waals surface area contributed by atoms with E-state index in [0.717, 1.165) is 11.1 Å². The number of nitrogens with zero attached hydrogens (tertiary/aromatic N) is 2. The third kappa shape index (κ3) is 6.67. The van der Waals surface area contributed by atoms with Crippen LogP contribution < -0.4 is 11.3 Å². The molecule has 12 heteroatoms. The van der Waals surface area contributed by atoms with Crippen LogP contribution in [0.1, 0.15) is 21.5 Å². The van der Waals surface area contributed by atoms with Gasteiger partial charge in [0, 0.05) is 52.1 Å². The Morgan fingerprint density at radius 1 is 1.24 bits per heavy atom. The quantitative estimate of drug-likeness (QED) is 0.0752. The first-order valence-electron chi connectivity index (χ1n) is 11.0. The average molecular weight is 545 g/mol. The zero-order valence-corrected chi connectivity index (χ0v) is 22.4. The number of nitrogen functional groups attached to an aromatic ring is 1. The Hall–Kier alpha value is -3.42. The minimum absolute atomic E-state index is 0.0445. The van der Waals surface area contributed by atoms with Crippen LogP contribution >= 0.6 is 12.8 Å². The highest BCUT2D eigenvalue weighted by Crippen LogP contribution is 2.34. The van der Waals surface area contributed by atoms with Crippen molar-refractivity contribution in [2.45, 2.75) is 18.4 Å². The molecule has 0 saturated carbocycles. The van der Waals surface area contributed by atoms with Crippen LogP contribution in [0.25, 0.3) is 22.0 Å². The molecule has 0 aliphatic heterocycles. The fraction of sp³-hybridized carbons (Fsp3) is 0.200. The molecule has 2 heterocycles. The lowest BCUT2D eigenvalue weighted by atomic mass is 9.96. The van der Waals surface area contributed by atoms with Gasteiger partial charge in [-0.3, -0.25) is 9.00 Å². The lowest BCUT2D eigenvalue weighted by molar-refractivity contribution is -0.985. The van der Waals surface area contributed by atoms with Crippen LogP contribution in [0.15, 0.2) is 64.5 Å². The second-order valence-electron chi connectivity index (χ2n) is 8.61. The predicted molar refractivity (Wildman–Crippen MR) is 144 cm³/mol. The monoisotopic (exact) mass is 544 g/mol. The summed E-state index contributed by atoms with van der Waals surface area (Å²) in [5.74, 6) is -0.558. The number of H-pyrrole nitrogens is 1. The Balaban J connectivity index is 0.000000319. The summed E-state index contributed by atoms with van der Waals surface area (Å²) in [6.07, 6.45) is 3.38. The average Bonchev–Trinajstić information content (AvgIpc) is 3.32. The van der Waals surface area contributed by atoms with Crippen molar-refractivity contribution < 1.29 is 27.6 Å². The van der Waals surface area contributed by atoms with E-state index in [9.17, 15) is 23.6 Å². The Morgan fingerprint density at radius 3 is 2.46 bits per heavy atom. The van der Waals surface area contributed by atoms with Crippen LogP contribution in [0.4, 0.5) is 5.69 Å². The highest BCUT2D eigenvalue weighted by atomic mass is 32.2. The van der Waals surface area contributed by atoms with Crippen molar-refractivity contribution in [3.63, 3.8) is 0 Å². The highest BCUT2D eigenvalue weighted by Gasteiger charge is 2.24. The lowest BCUT2D eigenvalue weighted by Gasteiger charge is -2.20. The summed E-state index contributed by atoms with van der Waals surface area (Å²) < 4.78 is 26.2. The first-order chi connectivity index (χ1) is 17.3. The summed E-state index contributed by atoms with van der Waals surface area (Å²) in [5, 5.41) is 10.8. The number of nitrogens with one attached hydrogen (secondary N) is 1. The molecule has 4 aromatic rings. The maximum atomic E-state index is 12.3. The molecule has 2 aromatic heterocycles. The van der Waals surface area contributed by atoms with E-state index < -0.39 is 21.1 Å². The van der Waals surface area contributed by atoms with E-state index in [2.05, 4.69) is 17.8 Å². The van der Waals surface area contributed by atoms with Gasteiger partial charge in [-0.2, -0.15) is 0 Å². The molecule has 0 aliphatic carbocycles. The number of hydrogen-bond acceptors (Lipinski definition) is 8. The summed E-state index contributed by atoms with van der Waals surface area (Å²) in [7, 11) is 4.40. The van der Waals surface area contributed by atoms with Crippen LogP contribution in [0.5, 0.6) is 0 Å². The van der Waals surface area contributed by atoms with E-state index in [4.69, 9.17) is 10.5 Å². The van der Waals surface area contributed by atoms with Crippen molar-refractivity contribution in [1.82, 2.24) is 9.55 Å². The van der Waals surface area contributed by atoms with Crippen LogP contribution in [0.2, 0.25) is 0 Å². The number of hydrogen-bond donors (Lipinski definition) is 4. The summed E-state index contributed by atoms with van der Waals surface area (Å²) >= 11 is 2.01. The number of rotatable bonds is 5. The molecule has 10 nitrogen and oxygen atoms in total. The molecule has 37 heavy (non-hydrogen) atoms. The number of methoxy groups -OCH3 is 1. The zero-order valence-electron chi connectivity index (χ0n) is 20.7. The largest absolute Gasteiger partial charge is 0.768 e. The van der Waals surface area contributed by atoms with Gasteiger partial charge in [0.15, 0.2) is 0 Å². The maximum Gasteiger partial charge on any atom is 0.338 e. The molecule has 0 bridgehead atoms. The smallest absolute Gasteiger partial charge is 0.338 e. The number of aromatic nitrogens is 2. The Labute approximate surface area is 221 Å². The van der Waals surface area contributed by atoms with Crippen molar-refractivity contribution in [3.8, 4) is 11.1 Å². The van der Waals surface area contributed by atoms with Crippen LogP contribution in [-0.2, 0) is 29.4 Å². The van der Waals surface area contributed by atoms with E-state index in [0.29, 0.717) is 32.6 Å². The van der Waals surface area contributed by atoms with Gasteiger partial charge >= 0.3 is 5.97 Å². The standard InChI is InChI=1S/C18H20N4O4S.C7H8O2S/c1-21-8-14(11-4-5-20-16(11)17(21)23)13-6-10(9-22(2,25)27)12(7-15(13)19)18(24)26-3;1-6-2-4-7(5-3-6)10(8)9/h4-8,25,27H,9,19H2,1-3H3;2-5H,1H3,(H,8,9). The van der Waals surface area contributed by atoms with Gasteiger partial charge in [-0.05, 0) is 48.3 Å². The Kier molecular flexibility index (Phi) is 8.61. The van der Waals surface area contributed by atoms with Crippen molar-refractivity contribution in [1.29, 1.82) is 0 Å². The van der Waals surface area contributed by atoms with Gasteiger partial charge in [-0.15, -0.1) is 4.05 Å². The van der Waals surface area contributed by atoms with E-state index in [1.807, 2.05) is 6.92 Å². The number of fused-ring (bicyclic) bond motifs is 1. The van der Waals surface area contributed by atoms with E-state index >= 15 is 0 Å². The molecule has 0 saturated heterocycles. The van der Waals surface area contributed by atoms with E-state index in [1.165, 1.54) is 24.8 Å². The number of thiol groups is 1. The molecule has 0 aliphatic rings. The molecule has 2 atom stereocenters. The minimum Gasteiger partial charge on any atom is -0.768 e. The Morgan fingerprint density at radius 2 is 1.89 bits per heavy atom. The van der Waals surface area contributed by atoms with Gasteiger partial charge in [-0.25, -0.2) is 10.0 Å². The highest BCUT2D eigenvalue weighted by molar-refractivity contribution is 7.79. The van der Waals surface area contributed by atoms with Crippen LogP contribution in [0.3, 0.4) is 0 Å². The van der Waals surface area contributed by atoms with E-state index in [1.54, 1.807) is 55.8 Å². The number of aromatic amines is 1. The number of benzene rings is 2. The minimum atomic E-state index is -2.09. The van der Waals surface area contributed by atoms with Crippen molar-refractivity contribution in [3.05, 3.63) is 81.9 Å². The molecule has 4 N–H and O–H groups in total. The normalized spacial score (nSPS) is 13.4. The number of aryl methyl sites for hydroxylation is 2. The summed E-state index contributed by atoms with van der Waals surface area (Å²) in [4.78, 5) is 27.7. The predicted octanol–water partition coefficient (Wildman–Crippen LogP) is 3.32. The van der Waals surface area contributed by atoms with Gasteiger partial charge in [0.05, 0.1) is 25.5 Å². The summed E-state index contributed by atoms with van der Waals surface area (Å²) in [6.45, 7) is 1.96. The number of ether oxygens (including phenoxy) is 1. The molecule has 0 amide bonds. The molecule has 0 radical (unpaired) electrons. The number of carbonyl (C=O) groups excluding carboxylic acids is 1. The number of pyridine rings is 1. The fourth-order valence-corrected chi connectivity index (χ4v) is 4.29. The van der Waals surface area contributed by atoms with Crippen LogP contribution in [-0.4, -0.2) is 47.7 Å². The topological polar surface area (TPSA) is 150 Å². The van der Waals surface area contributed by atoms with Gasteiger partial charge in [0.25, 0.3) is 5.56 Å². The molecule has 2 aromatic carbocycles. The molecular weight excluding hydrogens is 516 g/mol. The number of esters is 1. The Bertz CT molecular complexity index is 1520. The number of quaternary nitrogens is 1. The number of carbonyl (C=O) groups is 1. The number of anilines is 1. The SMILES string of the molecule is COC(=O)c1cc(N)c(-c2cn(C)c(=O)c3[nH]ccc23)cc1C[N+](C)(O)S.Cc1ccc(S(=O)[O-])cc1. The molecule has 0 fully saturated rings. The van der Waals surface area contributed by atoms with Gasteiger partial charge in [0.2, 0.25) is 0 Å². The van der Waals surface area contributed by atoms with E-state index in [-0.39, 0.29) is 17.7 Å². The van der Waals surface area contributed by atoms with Crippen molar-refractivity contribution >= 4 is 46.5 Å². The molecule has 196 valence electrons.